The van der Waals surface area contributed by atoms with Crippen LogP contribution in [0.3, 0.4) is 0 Å². The molecule has 0 aliphatic carbocycles. The van der Waals surface area contributed by atoms with E-state index in [0.717, 1.165) is 52.2 Å². The van der Waals surface area contributed by atoms with Gasteiger partial charge in [-0.3, -0.25) is 4.98 Å². The lowest BCUT2D eigenvalue weighted by Gasteiger charge is -2.23. The van der Waals surface area contributed by atoms with Crippen molar-refractivity contribution in [1.82, 2.24) is 19.9 Å². The average Bonchev–Trinajstić information content (AvgIpc) is 3.41. The van der Waals surface area contributed by atoms with E-state index in [2.05, 4.69) is 27.4 Å². The summed E-state index contributed by atoms with van der Waals surface area (Å²) in [7, 11) is 0. The van der Waals surface area contributed by atoms with E-state index in [-0.39, 0.29) is 12.1 Å². The number of carbonyl (C=O) groups is 1. The maximum atomic E-state index is 13.1. The third kappa shape index (κ3) is 3.30. The zero-order valence-corrected chi connectivity index (χ0v) is 16.8. The number of fused-ring (bicyclic) bond motifs is 1. The van der Waals surface area contributed by atoms with E-state index >= 15 is 0 Å². The van der Waals surface area contributed by atoms with Crippen LogP contribution in [0.2, 0.25) is 0 Å². The van der Waals surface area contributed by atoms with Crippen LogP contribution in [0.1, 0.15) is 30.4 Å². The molecule has 1 aliphatic heterocycles. The Kier molecular flexibility index (Phi) is 4.67. The Morgan fingerprint density at radius 1 is 1.10 bits per heavy atom. The minimum Gasteiger partial charge on any atom is -0.344 e. The molecular formula is C24H23N5O. The van der Waals surface area contributed by atoms with Crippen LogP contribution in [-0.2, 0) is 0 Å². The lowest BCUT2D eigenvalue weighted by atomic mass is 10.1. The number of para-hydroxylation sites is 1. The number of nitrogens with zero attached hydrogens (tertiary/aromatic N) is 3. The van der Waals surface area contributed by atoms with Crippen LogP contribution < -0.4 is 5.32 Å². The Labute approximate surface area is 175 Å². The molecule has 2 aromatic carbocycles. The van der Waals surface area contributed by atoms with Crippen LogP contribution in [0.4, 0.5) is 10.5 Å². The molecule has 2 N–H and O–H groups in total. The van der Waals surface area contributed by atoms with Gasteiger partial charge in [-0.15, -0.1) is 0 Å². The van der Waals surface area contributed by atoms with Gasteiger partial charge < -0.3 is 15.2 Å². The van der Waals surface area contributed by atoms with E-state index in [1.165, 1.54) is 0 Å². The predicted octanol–water partition coefficient (Wildman–Crippen LogP) is 5.30. The molecule has 0 saturated carbocycles. The first-order chi connectivity index (χ1) is 14.7. The number of rotatable bonds is 3. The fourth-order valence-electron chi connectivity index (χ4n) is 4.20. The molecule has 1 aliphatic rings. The Balaban J connectivity index is 1.41. The first-order valence-electron chi connectivity index (χ1n) is 10.2. The Morgan fingerprint density at radius 2 is 1.93 bits per heavy atom. The zero-order chi connectivity index (χ0) is 20.5. The number of amides is 2. The Morgan fingerprint density at radius 3 is 2.80 bits per heavy atom. The lowest BCUT2D eigenvalue weighted by molar-refractivity contribution is 0.205. The first kappa shape index (κ1) is 18.4. The summed E-state index contributed by atoms with van der Waals surface area (Å²) in [5.41, 5.74) is 4.56. The largest absolute Gasteiger partial charge is 0.344 e. The number of nitrogens with one attached hydrogen (secondary N) is 2. The maximum absolute atomic E-state index is 13.1. The SMILES string of the molecule is Cc1[nH]c([C@H]2CCCN2C(=O)Nc2cccc3cccnc23)nc1-c1ccccc1. The van der Waals surface area contributed by atoms with Crippen molar-refractivity contribution in [3.63, 3.8) is 0 Å². The third-order valence-electron chi connectivity index (χ3n) is 5.65. The molecule has 2 aromatic heterocycles. The number of pyridine rings is 1. The highest BCUT2D eigenvalue weighted by molar-refractivity contribution is 5.99. The number of imidazole rings is 1. The fourth-order valence-corrected chi connectivity index (χ4v) is 4.20. The van der Waals surface area contributed by atoms with Crippen molar-refractivity contribution in [2.45, 2.75) is 25.8 Å². The molecule has 3 heterocycles. The van der Waals surface area contributed by atoms with Crippen molar-refractivity contribution in [2.24, 2.45) is 0 Å². The monoisotopic (exact) mass is 397 g/mol. The summed E-state index contributed by atoms with van der Waals surface area (Å²) >= 11 is 0. The summed E-state index contributed by atoms with van der Waals surface area (Å²) in [6.07, 6.45) is 3.59. The number of hydrogen-bond acceptors (Lipinski definition) is 3. The molecule has 30 heavy (non-hydrogen) atoms. The minimum atomic E-state index is -0.119. The average molecular weight is 397 g/mol. The van der Waals surface area contributed by atoms with E-state index in [4.69, 9.17) is 4.98 Å². The zero-order valence-electron chi connectivity index (χ0n) is 16.8. The molecule has 1 saturated heterocycles. The van der Waals surface area contributed by atoms with Crippen molar-refractivity contribution in [2.75, 3.05) is 11.9 Å². The smallest absolute Gasteiger partial charge is 0.322 e. The van der Waals surface area contributed by atoms with Crippen LogP contribution in [0.15, 0.2) is 66.9 Å². The molecule has 1 atom stereocenters. The van der Waals surface area contributed by atoms with Gasteiger partial charge in [0.2, 0.25) is 0 Å². The highest BCUT2D eigenvalue weighted by atomic mass is 16.2. The van der Waals surface area contributed by atoms with E-state index in [9.17, 15) is 4.79 Å². The van der Waals surface area contributed by atoms with E-state index in [1.807, 2.05) is 60.4 Å². The molecule has 0 spiro atoms. The van der Waals surface area contributed by atoms with Crippen molar-refractivity contribution in [1.29, 1.82) is 0 Å². The maximum Gasteiger partial charge on any atom is 0.322 e. The molecule has 0 unspecified atom stereocenters. The summed E-state index contributed by atoms with van der Waals surface area (Å²) in [5.74, 6) is 0.843. The Bertz CT molecular complexity index is 1200. The molecular weight excluding hydrogens is 374 g/mol. The number of likely N-dealkylation sites (tertiary alicyclic amines) is 1. The molecule has 6 nitrogen and oxygen atoms in total. The Hall–Kier alpha value is -3.67. The van der Waals surface area contributed by atoms with E-state index < -0.39 is 0 Å². The van der Waals surface area contributed by atoms with E-state index in [1.54, 1.807) is 6.20 Å². The number of aromatic amines is 1. The van der Waals surface area contributed by atoms with E-state index in [0.29, 0.717) is 6.54 Å². The molecule has 1 fully saturated rings. The molecule has 4 aromatic rings. The standard InChI is InChI=1S/C24H23N5O/c1-16-21(17-8-3-2-4-9-17)28-23(26-16)20-13-7-15-29(20)24(30)27-19-12-5-10-18-11-6-14-25-22(18)19/h2-6,8-12,14,20H,7,13,15H2,1H3,(H,26,28)(H,27,30)/t20-/m1/s1. The molecule has 0 radical (unpaired) electrons. The molecule has 2 amide bonds. The van der Waals surface area contributed by atoms with Gasteiger partial charge in [0.15, 0.2) is 0 Å². The number of hydrogen-bond donors (Lipinski definition) is 2. The van der Waals surface area contributed by atoms with Gasteiger partial charge in [0, 0.05) is 29.4 Å². The molecule has 6 heteroatoms. The number of carbonyl (C=O) groups excluding carboxylic acids is 1. The highest BCUT2D eigenvalue weighted by Gasteiger charge is 2.33. The number of anilines is 1. The summed E-state index contributed by atoms with van der Waals surface area (Å²) in [4.78, 5) is 27.7. The minimum absolute atomic E-state index is 0.0657. The van der Waals surface area contributed by atoms with Crippen LogP contribution in [0.25, 0.3) is 22.2 Å². The second-order valence-electron chi connectivity index (χ2n) is 7.62. The molecule has 150 valence electrons. The van der Waals surface area contributed by atoms with Crippen molar-refractivity contribution < 1.29 is 4.79 Å². The number of aryl methyl sites for hydroxylation is 1. The van der Waals surface area contributed by atoms with Crippen LogP contribution in [-0.4, -0.2) is 32.4 Å². The number of H-pyrrole nitrogens is 1. The third-order valence-corrected chi connectivity index (χ3v) is 5.65. The van der Waals surface area contributed by atoms with Gasteiger partial charge >= 0.3 is 6.03 Å². The second-order valence-corrected chi connectivity index (χ2v) is 7.62. The summed E-state index contributed by atoms with van der Waals surface area (Å²) in [6.45, 7) is 2.73. The highest BCUT2D eigenvalue weighted by Crippen LogP contribution is 2.33. The van der Waals surface area contributed by atoms with Crippen molar-refractivity contribution >= 4 is 22.6 Å². The van der Waals surface area contributed by atoms with Gasteiger partial charge in [0.1, 0.15) is 5.82 Å². The van der Waals surface area contributed by atoms with Crippen LogP contribution in [0, 0.1) is 6.92 Å². The van der Waals surface area contributed by atoms with Gasteiger partial charge in [-0.1, -0.05) is 48.5 Å². The number of benzene rings is 2. The summed E-state index contributed by atoms with van der Waals surface area (Å²) < 4.78 is 0. The van der Waals surface area contributed by atoms with Crippen molar-refractivity contribution in [3.05, 3.63) is 78.4 Å². The van der Waals surface area contributed by atoms with Crippen LogP contribution >= 0.6 is 0 Å². The molecule has 0 bridgehead atoms. The first-order valence-corrected chi connectivity index (χ1v) is 10.2. The van der Waals surface area contributed by atoms with Crippen LogP contribution in [0.5, 0.6) is 0 Å². The van der Waals surface area contributed by atoms with Crippen molar-refractivity contribution in [3.8, 4) is 11.3 Å². The number of aromatic nitrogens is 3. The van der Waals surface area contributed by atoms with Gasteiger partial charge in [-0.25, -0.2) is 9.78 Å². The summed E-state index contributed by atoms with van der Waals surface area (Å²) in [5, 5.41) is 4.06. The molecule has 5 rings (SSSR count). The second kappa shape index (κ2) is 7.63. The van der Waals surface area contributed by atoms with Gasteiger partial charge in [0.25, 0.3) is 0 Å². The van der Waals surface area contributed by atoms with Gasteiger partial charge in [0.05, 0.1) is 22.9 Å². The normalized spacial score (nSPS) is 16.2. The topological polar surface area (TPSA) is 73.9 Å². The van der Waals surface area contributed by atoms with Gasteiger partial charge in [-0.2, -0.15) is 0 Å². The number of urea groups is 1. The van der Waals surface area contributed by atoms with Gasteiger partial charge in [-0.05, 0) is 31.9 Å². The summed E-state index contributed by atoms with van der Waals surface area (Å²) in [6, 6.07) is 19.7. The predicted molar refractivity (Wildman–Crippen MR) is 118 cm³/mol. The lowest BCUT2D eigenvalue weighted by Crippen LogP contribution is -2.35. The quantitative estimate of drug-likeness (QED) is 0.492. The fraction of sp³-hybridized carbons (Fsp3) is 0.208.